The van der Waals surface area contributed by atoms with Crippen molar-refractivity contribution in [3.05, 3.63) is 60.2 Å². The summed E-state index contributed by atoms with van der Waals surface area (Å²) < 4.78 is 5.12. The fourth-order valence-electron chi connectivity index (χ4n) is 2.28. The van der Waals surface area contributed by atoms with E-state index in [1.165, 1.54) is 4.80 Å². The lowest BCUT2D eigenvalue weighted by Gasteiger charge is -2.11. The molecule has 0 bridgehead atoms. The molecule has 0 fully saturated rings. The van der Waals surface area contributed by atoms with Crippen molar-refractivity contribution in [3.63, 3.8) is 0 Å². The summed E-state index contributed by atoms with van der Waals surface area (Å²) in [5, 5.41) is 15.2. The van der Waals surface area contributed by atoms with Gasteiger partial charge in [0.05, 0.1) is 7.11 Å². The van der Waals surface area contributed by atoms with E-state index in [-0.39, 0.29) is 5.91 Å². The summed E-state index contributed by atoms with van der Waals surface area (Å²) in [5.41, 5.74) is 1.84. The van der Waals surface area contributed by atoms with Crippen LogP contribution in [-0.4, -0.2) is 33.2 Å². The Hall–Kier alpha value is -3.22. The van der Waals surface area contributed by atoms with Gasteiger partial charge in [-0.15, -0.1) is 10.2 Å². The lowest BCUT2D eigenvalue weighted by molar-refractivity contribution is -0.124. The standard InChI is InChI=1S/C18H19N5O2/c1-13(18(24)19-12-14-8-10-16(25-2)11-9-14)23-21-17(20-22-23)15-6-4-3-5-7-15/h3-11,13H,12H2,1-2H3,(H,19,24). The number of rotatable bonds is 6. The SMILES string of the molecule is COc1ccc(CNC(=O)C(C)n2nnc(-c3ccccc3)n2)cc1. The van der Waals surface area contributed by atoms with Crippen LogP contribution in [0.25, 0.3) is 11.4 Å². The smallest absolute Gasteiger partial charge is 0.246 e. The maximum Gasteiger partial charge on any atom is 0.246 e. The summed E-state index contributed by atoms with van der Waals surface area (Å²) in [7, 11) is 1.62. The van der Waals surface area contributed by atoms with Gasteiger partial charge < -0.3 is 10.1 Å². The van der Waals surface area contributed by atoms with Crippen molar-refractivity contribution in [1.29, 1.82) is 0 Å². The lowest BCUT2D eigenvalue weighted by Crippen LogP contribution is -2.31. The lowest BCUT2D eigenvalue weighted by atomic mass is 10.2. The normalized spacial score (nSPS) is 11.8. The van der Waals surface area contributed by atoms with Crippen LogP contribution < -0.4 is 10.1 Å². The van der Waals surface area contributed by atoms with Crippen LogP contribution in [0.4, 0.5) is 0 Å². The van der Waals surface area contributed by atoms with Crippen LogP contribution in [-0.2, 0) is 11.3 Å². The zero-order valence-electron chi connectivity index (χ0n) is 14.1. The van der Waals surface area contributed by atoms with Gasteiger partial charge in [-0.3, -0.25) is 4.79 Å². The number of aromatic nitrogens is 4. The molecule has 0 spiro atoms. The summed E-state index contributed by atoms with van der Waals surface area (Å²) in [4.78, 5) is 13.6. The van der Waals surface area contributed by atoms with E-state index in [4.69, 9.17) is 4.74 Å². The fourth-order valence-corrected chi connectivity index (χ4v) is 2.28. The van der Waals surface area contributed by atoms with Gasteiger partial charge in [0.25, 0.3) is 0 Å². The van der Waals surface area contributed by atoms with Crippen LogP contribution in [0.15, 0.2) is 54.6 Å². The molecule has 2 aromatic carbocycles. The minimum atomic E-state index is -0.553. The Balaban J connectivity index is 1.61. The average molecular weight is 337 g/mol. The number of benzene rings is 2. The van der Waals surface area contributed by atoms with E-state index in [2.05, 4.69) is 20.7 Å². The summed E-state index contributed by atoms with van der Waals surface area (Å²) >= 11 is 0. The first-order valence-electron chi connectivity index (χ1n) is 7.93. The van der Waals surface area contributed by atoms with Gasteiger partial charge in [-0.2, -0.15) is 4.80 Å². The van der Waals surface area contributed by atoms with Crippen molar-refractivity contribution < 1.29 is 9.53 Å². The molecule has 25 heavy (non-hydrogen) atoms. The quantitative estimate of drug-likeness (QED) is 0.746. The predicted molar refractivity (Wildman–Crippen MR) is 92.8 cm³/mol. The molecule has 1 N–H and O–H groups in total. The largest absolute Gasteiger partial charge is 0.497 e. The van der Waals surface area contributed by atoms with Gasteiger partial charge in [0, 0.05) is 12.1 Å². The third-order valence-corrected chi connectivity index (χ3v) is 3.81. The Kier molecular flexibility index (Phi) is 5.03. The van der Waals surface area contributed by atoms with E-state index in [1.807, 2.05) is 54.6 Å². The van der Waals surface area contributed by atoms with Crippen LogP contribution in [0.3, 0.4) is 0 Å². The van der Waals surface area contributed by atoms with Crippen LogP contribution >= 0.6 is 0 Å². The van der Waals surface area contributed by atoms with Gasteiger partial charge in [0.2, 0.25) is 11.7 Å². The zero-order valence-corrected chi connectivity index (χ0v) is 14.1. The van der Waals surface area contributed by atoms with Crippen molar-refractivity contribution >= 4 is 5.91 Å². The third kappa shape index (κ3) is 4.00. The molecular weight excluding hydrogens is 318 g/mol. The van der Waals surface area contributed by atoms with E-state index in [0.717, 1.165) is 16.9 Å². The van der Waals surface area contributed by atoms with Crippen molar-refractivity contribution in [2.45, 2.75) is 19.5 Å². The molecule has 1 atom stereocenters. The maximum absolute atomic E-state index is 12.3. The minimum Gasteiger partial charge on any atom is -0.497 e. The van der Waals surface area contributed by atoms with Crippen LogP contribution in [0.2, 0.25) is 0 Å². The molecule has 0 aliphatic heterocycles. The molecule has 1 unspecified atom stereocenters. The summed E-state index contributed by atoms with van der Waals surface area (Å²) in [5.74, 6) is 1.10. The molecule has 3 rings (SSSR count). The molecule has 0 aliphatic rings. The van der Waals surface area contributed by atoms with Gasteiger partial charge in [-0.25, -0.2) is 0 Å². The molecule has 3 aromatic rings. The summed E-state index contributed by atoms with van der Waals surface area (Å²) in [6.45, 7) is 2.16. The number of hydrogen-bond acceptors (Lipinski definition) is 5. The number of methoxy groups -OCH3 is 1. The van der Waals surface area contributed by atoms with Gasteiger partial charge in [0.1, 0.15) is 11.8 Å². The first-order chi connectivity index (χ1) is 12.2. The number of carbonyl (C=O) groups is 1. The summed E-state index contributed by atoms with van der Waals surface area (Å²) in [6, 6.07) is 16.5. The molecule has 1 aromatic heterocycles. The van der Waals surface area contributed by atoms with Gasteiger partial charge >= 0.3 is 0 Å². The van der Waals surface area contributed by atoms with E-state index in [0.29, 0.717) is 12.4 Å². The Morgan fingerprint density at radius 3 is 2.56 bits per heavy atom. The number of nitrogens with one attached hydrogen (secondary N) is 1. The zero-order chi connectivity index (χ0) is 17.6. The topological polar surface area (TPSA) is 81.9 Å². The van der Waals surface area contributed by atoms with E-state index in [9.17, 15) is 4.79 Å². The highest BCUT2D eigenvalue weighted by Crippen LogP contribution is 2.14. The number of ether oxygens (including phenoxy) is 1. The maximum atomic E-state index is 12.3. The molecule has 1 heterocycles. The molecule has 7 nitrogen and oxygen atoms in total. The summed E-state index contributed by atoms with van der Waals surface area (Å²) in [6.07, 6.45) is 0. The first-order valence-corrected chi connectivity index (χ1v) is 7.93. The monoisotopic (exact) mass is 337 g/mol. The number of carbonyl (C=O) groups excluding carboxylic acids is 1. The highest BCUT2D eigenvalue weighted by atomic mass is 16.5. The van der Waals surface area contributed by atoms with E-state index in [1.54, 1.807) is 14.0 Å². The molecule has 7 heteroatoms. The molecule has 128 valence electrons. The second-order valence-electron chi connectivity index (χ2n) is 5.54. The van der Waals surface area contributed by atoms with Crippen LogP contribution in [0.5, 0.6) is 5.75 Å². The third-order valence-electron chi connectivity index (χ3n) is 3.81. The second kappa shape index (κ2) is 7.57. The average Bonchev–Trinajstić information content (AvgIpc) is 3.16. The Labute approximate surface area is 145 Å². The Morgan fingerprint density at radius 2 is 1.88 bits per heavy atom. The molecule has 0 radical (unpaired) electrons. The minimum absolute atomic E-state index is 0.173. The highest BCUT2D eigenvalue weighted by molar-refractivity contribution is 5.79. The fraction of sp³-hybridized carbons (Fsp3) is 0.222. The van der Waals surface area contributed by atoms with Crippen molar-refractivity contribution in [2.75, 3.05) is 7.11 Å². The molecule has 0 aliphatic carbocycles. The predicted octanol–water partition coefficient (Wildman–Crippen LogP) is 2.23. The highest BCUT2D eigenvalue weighted by Gasteiger charge is 2.18. The molecular formula is C18H19N5O2. The van der Waals surface area contributed by atoms with Crippen molar-refractivity contribution in [3.8, 4) is 17.1 Å². The first kappa shape index (κ1) is 16.6. The number of nitrogens with zero attached hydrogens (tertiary/aromatic N) is 4. The van der Waals surface area contributed by atoms with Gasteiger partial charge in [-0.05, 0) is 29.8 Å². The van der Waals surface area contributed by atoms with Gasteiger partial charge in [0.15, 0.2) is 0 Å². The molecule has 1 amide bonds. The van der Waals surface area contributed by atoms with Crippen LogP contribution in [0.1, 0.15) is 18.5 Å². The molecule has 0 saturated carbocycles. The van der Waals surface area contributed by atoms with Gasteiger partial charge in [-0.1, -0.05) is 42.5 Å². The number of amides is 1. The second-order valence-corrected chi connectivity index (χ2v) is 5.54. The van der Waals surface area contributed by atoms with E-state index >= 15 is 0 Å². The van der Waals surface area contributed by atoms with Crippen molar-refractivity contribution in [1.82, 2.24) is 25.5 Å². The number of hydrogen-bond donors (Lipinski definition) is 1. The van der Waals surface area contributed by atoms with Crippen molar-refractivity contribution in [2.24, 2.45) is 0 Å². The van der Waals surface area contributed by atoms with E-state index < -0.39 is 6.04 Å². The number of tetrazole rings is 1. The Morgan fingerprint density at radius 1 is 1.16 bits per heavy atom. The Bertz CT molecular complexity index is 830. The van der Waals surface area contributed by atoms with Crippen LogP contribution in [0, 0.1) is 0 Å². The molecule has 0 saturated heterocycles.